The van der Waals surface area contributed by atoms with Crippen LogP contribution in [0.4, 0.5) is 0 Å². The molecule has 0 radical (unpaired) electrons. The minimum absolute atomic E-state index is 0.296. The molecule has 36 heavy (non-hydrogen) atoms. The summed E-state index contributed by atoms with van der Waals surface area (Å²) < 4.78 is 6.32. The molecule has 0 aliphatic carbocycles. The van der Waals surface area contributed by atoms with E-state index in [2.05, 4.69) is 45.0 Å². The Bertz CT molecular complexity index is 1240. The quantitative estimate of drug-likeness (QED) is 0.377. The Labute approximate surface area is 217 Å². The van der Waals surface area contributed by atoms with Gasteiger partial charge >= 0.3 is 5.97 Å². The molecule has 0 saturated heterocycles. The van der Waals surface area contributed by atoms with E-state index in [1.54, 1.807) is 18.2 Å². The van der Waals surface area contributed by atoms with Crippen LogP contribution in [0.3, 0.4) is 0 Å². The molecule has 4 rings (SSSR count). The third kappa shape index (κ3) is 6.27. The summed E-state index contributed by atoms with van der Waals surface area (Å²) >= 11 is 5.95. The molecule has 0 fully saturated rings. The van der Waals surface area contributed by atoms with Crippen molar-refractivity contribution < 1.29 is 19.4 Å². The zero-order chi connectivity index (χ0) is 25.9. The lowest BCUT2D eigenvalue weighted by atomic mass is 9.90. The maximum absolute atomic E-state index is 13.3. The number of benzene rings is 3. The standard InChI is InChI=1S/C30H32ClNO4/c1-20(2)23-8-4-22(5-9-23)17-30(3)18-25-16-24(10-13-27(25)36-30)29(35)32(19-28(33)34)15-14-21-6-11-26(31)12-7-21/h4-13,16,20H,14-15,17-19H2,1-3H3,(H,33,34)/t30-/m0/s1. The van der Waals surface area contributed by atoms with Crippen LogP contribution in [0.25, 0.3) is 0 Å². The minimum atomic E-state index is -1.04. The zero-order valence-corrected chi connectivity index (χ0v) is 21.7. The summed E-state index contributed by atoms with van der Waals surface area (Å²) in [6.07, 6.45) is 1.98. The maximum Gasteiger partial charge on any atom is 0.323 e. The first-order chi connectivity index (χ1) is 17.1. The number of hydrogen-bond donors (Lipinski definition) is 1. The molecule has 188 valence electrons. The minimum Gasteiger partial charge on any atom is -0.487 e. The van der Waals surface area contributed by atoms with Gasteiger partial charge in [0.2, 0.25) is 0 Å². The highest BCUT2D eigenvalue weighted by Crippen LogP contribution is 2.38. The van der Waals surface area contributed by atoms with Gasteiger partial charge in [-0.1, -0.05) is 61.8 Å². The van der Waals surface area contributed by atoms with Crippen LogP contribution in [0.2, 0.25) is 5.02 Å². The van der Waals surface area contributed by atoms with Crippen molar-refractivity contribution in [3.05, 3.63) is 99.6 Å². The highest BCUT2D eigenvalue weighted by molar-refractivity contribution is 6.30. The summed E-state index contributed by atoms with van der Waals surface area (Å²) in [5, 5.41) is 10.0. The number of nitrogens with zero attached hydrogens (tertiary/aromatic N) is 1. The van der Waals surface area contributed by atoms with Crippen LogP contribution in [-0.2, 0) is 24.1 Å². The zero-order valence-electron chi connectivity index (χ0n) is 21.0. The van der Waals surface area contributed by atoms with Crippen LogP contribution < -0.4 is 4.74 Å². The molecule has 1 N–H and O–H groups in total. The topological polar surface area (TPSA) is 66.8 Å². The van der Waals surface area contributed by atoms with E-state index in [1.165, 1.54) is 16.0 Å². The SMILES string of the molecule is CC(C)c1ccc(C[C@@]2(C)Cc3cc(C(=O)N(CCc4ccc(Cl)cc4)CC(=O)O)ccc3O2)cc1. The average molecular weight is 506 g/mol. The van der Waals surface area contributed by atoms with Crippen molar-refractivity contribution in [3.8, 4) is 5.75 Å². The molecule has 0 aromatic heterocycles. The fourth-order valence-electron chi connectivity index (χ4n) is 4.72. The Morgan fingerprint density at radius 1 is 1.03 bits per heavy atom. The van der Waals surface area contributed by atoms with Crippen molar-refractivity contribution >= 4 is 23.5 Å². The number of rotatable bonds is 9. The summed E-state index contributed by atoms with van der Waals surface area (Å²) in [6.45, 7) is 6.39. The van der Waals surface area contributed by atoms with Gasteiger partial charge in [-0.05, 0) is 71.8 Å². The van der Waals surface area contributed by atoms with E-state index >= 15 is 0 Å². The predicted octanol–water partition coefficient (Wildman–Crippen LogP) is 6.17. The van der Waals surface area contributed by atoms with Crippen molar-refractivity contribution in [1.29, 1.82) is 0 Å². The van der Waals surface area contributed by atoms with Gasteiger partial charge in [0.1, 0.15) is 17.9 Å². The summed E-state index contributed by atoms with van der Waals surface area (Å²) in [5.41, 5.74) is 4.54. The normalized spacial score (nSPS) is 16.5. The van der Waals surface area contributed by atoms with Crippen molar-refractivity contribution in [1.82, 2.24) is 4.90 Å². The van der Waals surface area contributed by atoms with Gasteiger partial charge in [-0.3, -0.25) is 9.59 Å². The lowest BCUT2D eigenvalue weighted by Gasteiger charge is -2.24. The van der Waals surface area contributed by atoms with E-state index in [4.69, 9.17) is 16.3 Å². The lowest BCUT2D eigenvalue weighted by Crippen LogP contribution is -2.37. The molecule has 6 heteroatoms. The predicted molar refractivity (Wildman–Crippen MR) is 142 cm³/mol. The van der Waals surface area contributed by atoms with Crippen LogP contribution >= 0.6 is 11.6 Å². The molecule has 3 aromatic carbocycles. The fraction of sp³-hybridized carbons (Fsp3) is 0.333. The third-order valence-electron chi connectivity index (χ3n) is 6.65. The summed E-state index contributed by atoms with van der Waals surface area (Å²) in [5.74, 6) is -0.0738. The van der Waals surface area contributed by atoms with Crippen molar-refractivity contribution in [2.75, 3.05) is 13.1 Å². The van der Waals surface area contributed by atoms with Crippen LogP contribution in [0.5, 0.6) is 5.75 Å². The smallest absolute Gasteiger partial charge is 0.323 e. The fourth-order valence-corrected chi connectivity index (χ4v) is 4.84. The molecule has 3 aromatic rings. The van der Waals surface area contributed by atoms with E-state index in [1.807, 2.05) is 24.3 Å². The van der Waals surface area contributed by atoms with Crippen LogP contribution in [0.1, 0.15) is 59.3 Å². The van der Waals surface area contributed by atoms with Gasteiger partial charge in [-0.25, -0.2) is 0 Å². The van der Waals surface area contributed by atoms with E-state index in [9.17, 15) is 14.7 Å². The molecule has 0 bridgehead atoms. The molecule has 5 nitrogen and oxygen atoms in total. The highest BCUT2D eigenvalue weighted by Gasteiger charge is 2.35. The second kappa shape index (κ2) is 10.8. The van der Waals surface area contributed by atoms with E-state index in [0.717, 1.165) is 23.3 Å². The van der Waals surface area contributed by atoms with Gasteiger partial charge in [0.15, 0.2) is 0 Å². The first kappa shape index (κ1) is 25.8. The Balaban J connectivity index is 1.46. The van der Waals surface area contributed by atoms with E-state index in [-0.39, 0.29) is 12.5 Å². The Kier molecular flexibility index (Phi) is 7.70. The average Bonchev–Trinajstić information content (AvgIpc) is 3.17. The number of ether oxygens (including phenoxy) is 1. The van der Waals surface area contributed by atoms with Gasteiger partial charge in [0.05, 0.1) is 0 Å². The number of carboxylic acid groups (broad SMARTS) is 1. The molecule has 0 spiro atoms. The first-order valence-corrected chi connectivity index (χ1v) is 12.7. The molecular weight excluding hydrogens is 474 g/mol. The van der Waals surface area contributed by atoms with Crippen LogP contribution in [0, 0.1) is 0 Å². The molecule has 1 atom stereocenters. The summed E-state index contributed by atoms with van der Waals surface area (Å²) in [6, 6.07) is 21.4. The highest BCUT2D eigenvalue weighted by atomic mass is 35.5. The molecular formula is C30H32ClNO4. The first-order valence-electron chi connectivity index (χ1n) is 12.3. The monoisotopic (exact) mass is 505 g/mol. The number of carbonyl (C=O) groups is 2. The molecule has 1 amide bonds. The van der Waals surface area contributed by atoms with Crippen molar-refractivity contribution in [3.63, 3.8) is 0 Å². The number of aliphatic carboxylic acids is 1. The molecule has 1 aliphatic heterocycles. The Morgan fingerprint density at radius 2 is 1.69 bits per heavy atom. The van der Waals surface area contributed by atoms with Crippen LogP contribution in [0.15, 0.2) is 66.7 Å². The number of carbonyl (C=O) groups excluding carboxylic acids is 1. The Hall–Kier alpha value is -3.31. The van der Waals surface area contributed by atoms with Crippen molar-refractivity contribution in [2.24, 2.45) is 0 Å². The van der Waals surface area contributed by atoms with Gasteiger partial charge in [-0.15, -0.1) is 0 Å². The number of hydrogen-bond acceptors (Lipinski definition) is 3. The largest absolute Gasteiger partial charge is 0.487 e. The molecule has 1 aliphatic rings. The van der Waals surface area contributed by atoms with E-state index < -0.39 is 11.6 Å². The van der Waals surface area contributed by atoms with Gasteiger partial charge < -0.3 is 14.7 Å². The summed E-state index contributed by atoms with van der Waals surface area (Å²) in [4.78, 5) is 26.1. The lowest BCUT2D eigenvalue weighted by molar-refractivity contribution is -0.137. The number of amides is 1. The van der Waals surface area contributed by atoms with E-state index in [0.29, 0.717) is 35.9 Å². The van der Waals surface area contributed by atoms with Crippen LogP contribution in [-0.4, -0.2) is 40.6 Å². The molecule has 0 unspecified atom stereocenters. The second-order valence-electron chi connectivity index (χ2n) is 10.1. The number of carboxylic acids is 1. The second-order valence-corrected chi connectivity index (χ2v) is 10.6. The third-order valence-corrected chi connectivity index (χ3v) is 6.90. The van der Waals surface area contributed by atoms with Crippen molar-refractivity contribution in [2.45, 2.75) is 51.6 Å². The maximum atomic E-state index is 13.3. The molecule has 0 saturated carbocycles. The van der Waals surface area contributed by atoms with Gasteiger partial charge in [0.25, 0.3) is 5.91 Å². The summed E-state index contributed by atoms with van der Waals surface area (Å²) in [7, 11) is 0. The Morgan fingerprint density at radius 3 is 2.33 bits per heavy atom. The van der Waals surface area contributed by atoms with Gasteiger partial charge in [-0.2, -0.15) is 0 Å². The number of halogens is 1. The number of fused-ring (bicyclic) bond motifs is 1. The van der Waals surface area contributed by atoms with Gasteiger partial charge in [0, 0.05) is 30.0 Å². The molecule has 1 heterocycles.